The number of nitrogens with one attached hydrogen (secondary N) is 2. The second-order valence-corrected chi connectivity index (χ2v) is 6.24. The highest BCUT2D eigenvalue weighted by molar-refractivity contribution is 14.0. The number of nitrogens with zero attached hydrogens (tertiary/aromatic N) is 1. The second kappa shape index (κ2) is 10.6. The Morgan fingerprint density at radius 2 is 1.75 bits per heavy atom. The number of aliphatic imine (C=N–C) groups is 1. The zero-order valence-corrected chi connectivity index (χ0v) is 17.9. The minimum Gasteiger partial charge on any atom is -0.493 e. The number of hydrogen-bond donors (Lipinski definition) is 2. The Balaban J connectivity index is 0.00000529. The van der Waals surface area contributed by atoms with Crippen LogP contribution >= 0.6 is 24.0 Å². The van der Waals surface area contributed by atoms with E-state index in [9.17, 15) is 0 Å². The van der Waals surface area contributed by atoms with Crippen LogP contribution in [0.3, 0.4) is 0 Å². The lowest BCUT2D eigenvalue weighted by Crippen LogP contribution is -2.42. The fraction of sp³-hybridized carbons (Fsp3) is 0.588. The lowest BCUT2D eigenvalue weighted by atomic mass is 9.89. The van der Waals surface area contributed by atoms with Crippen LogP contribution in [0.1, 0.15) is 20.8 Å². The molecule has 1 aromatic carbocycles. The summed E-state index contributed by atoms with van der Waals surface area (Å²) < 4.78 is 16.1. The average Bonchev–Trinajstić information content (AvgIpc) is 2.52. The topological polar surface area (TPSA) is 64.1 Å². The van der Waals surface area contributed by atoms with E-state index in [0.717, 1.165) is 5.69 Å². The van der Waals surface area contributed by atoms with Crippen molar-refractivity contribution in [3.05, 3.63) is 18.2 Å². The average molecular weight is 451 g/mol. The van der Waals surface area contributed by atoms with E-state index < -0.39 is 0 Å². The van der Waals surface area contributed by atoms with E-state index in [4.69, 9.17) is 14.2 Å². The van der Waals surface area contributed by atoms with E-state index in [-0.39, 0.29) is 35.5 Å². The van der Waals surface area contributed by atoms with Gasteiger partial charge >= 0.3 is 0 Å². The minimum atomic E-state index is 0. The van der Waals surface area contributed by atoms with Gasteiger partial charge in [-0.05, 0) is 17.5 Å². The maximum atomic E-state index is 5.54. The van der Waals surface area contributed by atoms with Gasteiger partial charge in [0.1, 0.15) is 0 Å². The van der Waals surface area contributed by atoms with Crippen molar-refractivity contribution in [2.75, 3.05) is 40.2 Å². The molecule has 0 saturated heterocycles. The van der Waals surface area contributed by atoms with Gasteiger partial charge in [-0.25, -0.2) is 0 Å². The molecule has 0 radical (unpaired) electrons. The molecule has 0 fully saturated rings. The predicted molar refractivity (Wildman–Crippen MR) is 110 cm³/mol. The fourth-order valence-corrected chi connectivity index (χ4v) is 2.16. The Morgan fingerprint density at radius 3 is 2.21 bits per heavy atom. The molecule has 138 valence electrons. The lowest BCUT2D eigenvalue weighted by Gasteiger charge is -2.30. The maximum absolute atomic E-state index is 5.54. The molecule has 1 atom stereocenters. The third-order valence-electron chi connectivity index (χ3n) is 3.58. The SMILES string of the molecule is CN=C(NCC(OC)C(C)(C)C)Nc1ccc(OC)c(OC)c1.I. The molecule has 0 heterocycles. The monoisotopic (exact) mass is 451 g/mol. The number of hydrogen-bond acceptors (Lipinski definition) is 4. The molecule has 0 aliphatic carbocycles. The Hall–Kier alpha value is -1.22. The Morgan fingerprint density at radius 1 is 1.12 bits per heavy atom. The van der Waals surface area contributed by atoms with Crippen molar-refractivity contribution in [3.63, 3.8) is 0 Å². The number of methoxy groups -OCH3 is 3. The number of halogens is 1. The second-order valence-electron chi connectivity index (χ2n) is 6.24. The van der Waals surface area contributed by atoms with Gasteiger partial charge in [-0.2, -0.15) is 0 Å². The van der Waals surface area contributed by atoms with E-state index in [2.05, 4.69) is 36.4 Å². The van der Waals surface area contributed by atoms with Crippen molar-refractivity contribution in [2.45, 2.75) is 26.9 Å². The summed E-state index contributed by atoms with van der Waals surface area (Å²) in [6.07, 6.45) is 0.0754. The summed E-state index contributed by atoms with van der Waals surface area (Å²) in [4.78, 5) is 4.24. The van der Waals surface area contributed by atoms with Crippen LogP contribution in [0.5, 0.6) is 11.5 Å². The van der Waals surface area contributed by atoms with Crippen LogP contribution in [-0.4, -0.2) is 47.0 Å². The molecule has 0 aromatic heterocycles. The summed E-state index contributed by atoms with van der Waals surface area (Å²) in [5.41, 5.74) is 0.907. The largest absolute Gasteiger partial charge is 0.493 e. The first-order valence-corrected chi connectivity index (χ1v) is 7.58. The summed E-state index contributed by atoms with van der Waals surface area (Å²) in [6, 6.07) is 5.62. The van der Waals surface area contributed by atoms with Crippen LogP contribution in [0.15, 0.2) is 23.2 Å². The summed E-state index contributed by atoms with van der Waals surface area (Å²) >= 11 is 0. The molecular formula is C17H30IN3O3. The Bertz CT molecular complexity index is 530. The van der Waals surface area contributed by atoms with E-state index in [0.29, 0.717) is 24.0 Å². The van der Waals surface area contributed by atoms with Crippen LogP contribution in [0.4, 0.5) is 5.69 Å². The van der Waals surface area contributed by atoms with Gasteiger partial charge < -0.3 is 24.8 Å². The number of rotatable bonds is 6. The molecule has 0 aliphatic heterocycles. The number of benzene rings is 1. The molecule has 0 bridgehead atoms. The molecular weight excluding hydrogens is 421 g/mol. The summed E-state index contributed by atoms with van der Waals surface area (Å²) in [6.45, 7) is 7.10. The van der Waals surface area contributed by atoms with Crippen molar-refractivity contribution >= 4 is 35.6 Å². The van der Waals surface area contributed by atoms with Crippen molar-refractivity contribution in [3.8, 4) is 11.5 Å². The molecule has 1 unspecified atom stereocenters. The van der Waals surface area contributed by atoms with E-state index in [1.54, 1.807) is 28.4 Å². The van der Waals surface area contributed by atoms with Crippen molar-refractivity contribution in [2.24, 2.45) is 10.4 Å². The molecule has 0 amide bonds. The van der Waals surface area contributed by atoms with Crippen LogP contribution in [0.25, 0.3) is 0 Å². The zero-order valence-electron chi connectivity index (χ0n) is 15.6. The van der Waals surface area contributed by atoms with Gasteiger partial charge in [0.2, 0.25) is 0 Å². The molecule has 1 aromatic rings. The van der Waals surface area contributed by atoms with Crippen LogP contribution in [0.2, 0.25) is 0 Å². The molecule has 7 heteroatoms. The first kappa shape index (κ1) is 22.8. The zero-order chi connectivity index (χ0) is 17.5. The van der Waals surface area contributed by atoms with Gasteiger partial charge in [0.15, 0.2) is 17.5 Å². The normalized spacial score (nSPS) is 12.9. The van der Waals surface area contributed by atoms with Gasteiger partial charge in [-0.1, -0.05) is 20.8 Å². The fourth-order valence-electron chi connectivity index (χ4n) is 2.16. The van der Waals surface area contributed by atoms with Crippen molar-refractivity contribution in [1.29, 1.82) is 0 Å². The van der Waals surface area contributed by atoms with Gasteiger partial charge in [0.25, 0.3) is 0 Å². The van der Waals surface area contributed by atoms with E-state index in [1.807, 2.05) is 18.2 Å². The van der Waals surface area contributed by atoms with Gasteiger partial charge in [-0.15, -0.1) is 24.0 Å². The summed E-state index contributed by atoms with van der Waals surface area (Å²) in [5.74, 6) is 2.02. The number of ether oxygens (including phenoxy) is 3. The highest BCUT2D eigenvalue weighted by Crippen LogP contribution is 2.29. The van der Waals surface area contributed by atoms with Crippen LogP contribution in [0, 0.1) is 5.41 Å². The van der Waals surface area contributed by atoms with E-state index in [1.165, 1.54) is 0 Å². The standard InChI is InChI=1S/C17H29N3O3.HI/c1-17(2,3)15(23-7)11-19-16(18-4)20-12-8-9-13(21-5)14(10-12)22-6;/h8-10,15H,11H2,1-7H3,(H2,18,19,20);1H. The molecule has 0 saturated carbocycles. The maximum Gasteiger partial charge on any atom is 0.195 e. The van der Waals surface area contributed by atoms with Crippen LogP contribution < -0.4 is 20.1 Å². The van der Waals surface area contributed by atoms with Gasteiger partial charge in [0.05, 0.1) is 20.3 Å². The molecule has 24 heavy (non-hydrogen) atoms. The molecule has 0 aliphatic rings. The van der Waals surface area contributed by atoms with Crippen LogP contribution in [-0.2, 0) is 4.74 Å². The predicted octanol–water partition coefficient (Wildman–Crippen LogP) is 3.37. The third-order valence-corrected chi connectivity index (χ3v) is 3.58. The highest BCUT2D eigenvalue weighted by Gasteiger charge is 2.24. The highest BCUT2D eigenvalue weighted by atomic mass is 127. The Kier molecular flexibility index (Phi) is 10.1. The molecule has 0 spiro atoms. The third kappa shape index (κ3) is 6.72. The number of anilines is 1. The smallest absolute Gasteiger partial charge is 0.195 e. The van der Waals surface area contributed by atoms with Crippen molar-refractivity contribution < 1.29 is 14.2 Å². The first-order valence-electron chi connectivity index (χ1n) is 7.58. The molecule has 1 rings (SSSR count). The summed E-state index contributed by atoms with van der Waals surface area (Å²) in [5, 5.41) is 6.52. The number of guanidine groups is 1. The van der Waals surface area contributed by atoms with Gasteiger partial charge in [0, 0.05) is 32.5 Å². The van der Waals surface area contributed by atoms with E-state index >= 15 is 0 Å². The molecule has 6 nitrogen and oxygen atoms in total. The minimum absolute atomic E-state index is 0. The first-order chi connectivity index (χ1) is 10.8. The quantitative estimate of drug-likeness (QED) is 0.395. The van der Waals surface area contributed by atoms with Crippen molar-refractivity contribution in [1.82, 2.24) is 5.32 Å². The molecule has 2 N–H and O–H groups in total. The Labute approximate surface area is 162 Å². The summed E-state index contributed by atoms with van der Waals surface area (Å²) in [7, 11) is 6.68. The van der Waals surface area contributed by atoms with Gasteiger partial charge in [-0.3, -0.25) is 4.99 Å². The lowest BCUT2D eigenvalue weighted by molar-refractivity contribution is 0.0206.